The molecule has 0 aromatic heterocycles. The van der Waals surface area contributed by atoms with Gasteiger partial charge in [-0.05, 0) is 44.7 Å². The van der Waals surface area contributed by atoms with E-state index in [0.29, 0.717) is 12.0 Å². The maximum Gasteiger partial charge on any atom is 0.136 e. The number of rotatable bonds is 1. The van der Waals surface area contributed by atoms with E-state index in [1.807, 2.05) is 6.07 Å². The van der Waals surface area contributed by atoms with E-state index in [1.165, 1.54) is 36.8 Å². The summed E-state index contributed by atoms with van der Waals surface area (Å²) in [5.74, 6) is 1.58. The molecule has 18 heavy (non-hydrogen) atoms. The molecule has 1 nitrogen and oxygen atoms in total. The highest BCUT2D eigenvalue weighted by molar-refractivity contribution is 7.81. The lowest BCUT2D eigenvalue weighted by Crippen LogP contribution is -2.23. The molecule has 1 aromatic carbocycles. The molecule has 2 unspecified atom stereocenters. The van der Waals surface area contributed by atoms with Gasteiger partial charge >= 0.3 is 0 Å². The summed E-state index contributed by atoms with van der Waals surface area (Å²) in [4.78, 5) is 0.973. The second-order valence-corrected chi connectivity index (χ2v) is 7.58. The van der Waals surface area contributed by atoms with Gasteiger partial charge in [0.15, 0.2) is 0 Å². The lowest BCUT2D eigenvalue weighted by Gasteiger charge is -2.27. The molecule has 0 bridgehead atoms. The summed E-state index contributed by atoms with van der Waals surface area (Å²) in [6.45, 7) is 4.31. The van der Waals surface area contributed by atoms with Gasteiger partial charge in [0.05, 0.1) is 0 Å². The average molecular weight is 280 g/mol. The molecule has 0 radical (unpaired) electrons. The third kappa shape index (κ3) is 1.96. The fraction of sp³-hybridized carbons (Fsp3) is 0.600. The van der Waals surface area contributed by atoms with Crippen molar-refractivity contribution in [3.63, 3.8) is 0 Å². The summed E-state index contributed by atoms with van der Waals surface area (Å²) in [6, 6.07) is 4.22. The van der Waals surface area contributed by atoms with Gasteiger partial charge in [0, 0.05) is 21.1 Å². The fourth-order valence-electron chi connectivity index (χ4n) is 3.33. The van der Waals surface area contributed by atoms with Crippen LogP contribution in [0.2, 0.25) is 0 Å². The number of benzene rings is 1. The average Bonchev–Trinajstić information content (AvgIpc) is 2.68. The van der Waals surface area contributed by atoms with Crippen LogP contribution in [0.3, 0.4) is 0 Å². The molecule has 1 aliphatic carbocycles. The van der Waals surface area contributed by atoms with Crippen LogP contribution in [0.15, 0.2) is 17.0 Å². The van der Waals surface area contributed by atoms with Crippen LogP contribution in [0.4, 0.5) is 0 Å². The lowest BCUT2D eigenvalue weighted by molar-refractivity contribution is 0.161. The first-order chi connectivity index (χ1) is 8.48. The van der Waals surface area contributed by atoms with E-state index < -0.39 is 0 Å². The monoisotopic (exact) mass is 280 g/mol. The number of hydrogen-bond donors (Lipinski definition) is 2. The molecule has 1 fully saturated rings. The number of ether oxygens (including phenoxy) is 1. The summed E-state index contributed by atoms with van der Waals surface area (Å²) in [7, 11) is 0. The molecular formula is C15H20OS2. The zero-order chi connectivity index (χ0) is 12.9. The normalized spacial score (nSPS) is 26.4. The SMILES string of the molecule is CC(C)(S)c1ccc(S)c2c1C1CCCCC1O2. The van der Waals surface area contributed by atoms with Crippen LogP contribution in [0.25, 0.3) is 0 Å². The standard InChI is InChI=1S/C15H20OS2/c1-15(2,18)10-7-8-12(17)14-13(10)9-5-3-4-6-11(9)16-14/h7-9,11,17-18H,3-6H2,1-2H3. The third-order valence-electron chi connectivity index (χ3n) is 4.18. The topological polar surface area (TPSA) is 9.23 Å². The van der Waals surface area contributed by atoms with Gasteiger partial charge in [-0.2, -0.15) is 12.6 Å². The molecule has 2 aliphatic rings. The van der Waals surface area contributed by atoms with E-state index in [1.54, 1.807) is 0 Å². The van der Waals surface area contributed by atoms with E-state index >= 15 is 0 Å². The lowest BCUT2D eigenvalue weighted by atomic mass is 9.79. The van der Waals surface area contributed by atoms with E-state index in [9.17, 15) is 0 Å². The quantitative estimate of drug-likeness (QED) is 0.717. The summed E-state index contributed by atoms with van der Waals surface area (Å²) < 4.78 is 6.04. The second-order valence-electron chi connectivity index (χ2n) is 5.98. The zero-order valence-electron chi connectivity index (χ0n) is 10.9. The Balaban J connectivity index is 2.15. The molecule has 2 atom stereocenters. The Labute approximate surface area is 120 Å². The highest BCUT2D eigenvalue weighted by Gasteiger charge is 2.40. The van der Waals surface area contributed by atoms with Gasteiger partial charge in [-0.3, -0.25) is 0 Å². The smallest absolute Gasteiger partial charge is 0.136 e. The van der Waals surface area contributed by atoms with Crippen molar-refractivity contribution in [1.82, 2.24) is 0 Å². The van der Waals surface area contributed by atoms with Crippen molar-refractivity contribution in [3.8, 4) is 5.75 Å². The molecule has 0 spiro atoms. The maximum absolute atomic E-state index is 6.17. The van der Waals surface area contributed by atoms with Crippen LogP contribution in [-0.2, 0) is 4.75 Å². The highest BCUT2D eigenvalue weighted by Crippen LogP contribution is 2.52. The van der Waals surface area contributed by atoms with Crippen LogP contribution in [0.1, 0.15) is 56.6 Å². The molecule has 0 saturated heterocycles. The van der Waals surface area contributed by atoms with Gasteiger partial charge in [-0.1, -0.05) is 12.5 Å². The van der Waals surface area contributed by atoms with Gasteiger partial charge in [-0.25, -0.2) is 0 Å². The van der Waals surface area contributed by atoms with E-state index in [4.69, 9.17) is 17.4 Å². The molecule has 1 heterocycles. The van der Waals surface area contributed by atoms with Crippen LogP contribution in [-0.4, -0.2) is 6.10 Å². The van der Waals surface area contributed by atoms with Gasteiger partial charge in [-0.15, -0.1) is 12.6 Å². The molecule has 0 amide bonds. The van der Waals surface area contributed by atoms with E-state index in [0.717, 1.165) is 10.6 Å². The number of thiol groups is 2. The van der Waals surface area contributed by atoms with E-state index in [-0.39, 0.29) is 4.75 Å². The summed E-state index contributed by atoms with van der Waals surface area (Å²) in [6.07, 6.45) is 5.39. The molecule has 1 saturated carbocycles. The van der Waals surface area contributed by atoms with Crippen molar-refractivity contribution >= 4 is 25.3 Å². The number of fused-ring (bicyclic) bond motifs is 3. The maximum atomic E-state index is 6.17. The Bertz CT molecular complexity index is 476. The molecule has 1 aliphatic heterocycles. The molecule has 3 heteroatoms. The second kappa shape index (κ2) is 4.38. The minimum atomic E-state index is -0.124. The van der Waals surface area contributed by atoms with Crippen molar-refractivity contribution in [2.75, 3.05) is 0 Å². The Morgan fingerprint density at radius 1 is 1.22 bits per heavy atom. The first kappa shape index (κ1) is 12.7. The van der Waals surface area contributed by atoms with Gasteiger partial charge in [0.1, 0.15) is 11.9 Å². The zero-order valence-corrected chi connectivity index (χ0v) is 12.7. The Morgan fingerprint density at radius 3 is 2.67 bits per heavy atom. The molecule has 1 aromatic rings. The molecule has 3 rings (SSSR count). The van der Waals surface area contributed by atoms with Crippen LogP contribution in [0, 0.1) is 0 Å². The van der Waals surface area contributed by atoms with Crippen molar-refractivity contribution in [3.05, 3.63) is 23.3 Å². The predicted molar refractivity (Wildman–Crippen MR) is 81.3 cm³/mol. The summed E-state index contributed by atoms with van der Waals surface area (Å²) >= 11 is 9.31. The third-order valence-corrected chi connectivity index (χ3v) is 4.77. The van der Waals surface area contributed by atoms with Gasteiger partial charge in [0.25, 0.3) is 0 Å². The van der Waals surface area contributed by atoms with Crippen molar-refractivity contribution < 1.29 is 4.74 Å². The highest BCUT2D eigenvalue weighted by atomic mass is 32.1. The minimum Gasteiger partial charge on any atom is -0.488 e. The van der Waals surface area contributed by atoms with Crippen LogP contribution >= 0.6 is 25.3 Å². The molecule has 98 valence electrons. The first-order valence-corrected chi connectivity index (χ1v) is 7.63. The van der Waals surface area contributed by atoms with Crippen LogP contribution in [0.5, 0.6) is 5.75 Å². The first-order valence-electron chi connectivity index (χ1n) is 6.74. The number of hydrogen-bond acceptors (Lipinski definition) is 3. The predicted octanol–water partition coefficient (Wildman–Crippen LogP) is 4.56. The van der Waals surface area contributed by atoms with Crippen LogP contribution < -0.4 is 4.74 Å². The minimum absolute atomic E-state index is 0.124. The van der Waals surface area contributed by atoms with Gasteiger partial charge in [0.2, 0.25) is 0 Å². The summed E-state index contributed by atoms with van der Waals surface area (Å²) in [5.41, 5.74) is 2.69. The Kier molecular flexibility index (Phi) is 3.10. The van der Waals surface area contributed by atoms with Crippen molar-refractivity contribution in [2.45, 2.75) is 61.2 Å². The molecule has 0 N–H and O–H groups in total. The Morgan fingerprint density at radius 2 is 1.94 bits per heavy atom. The van der Waals surface area contributed by atoms with E-state index in [2.05, 4.69) is 32.5 Å². The molecular weight excluding hydrogens is 260 g/mol. The fourth-order valence-corrected chi connectivity index (χ4v) is 3.78. The summed E-state index contributed by atoms with van der Waals surface area (Å²) in [5, 5.41) is 0. The largest absolute Gasteiger partial charge is 0.488 e. The Hall–Kier alpha value is -0.280. The van der Waals surface area contributed by atoms with Gasteiger partial charge < -0.3 is 4.74 Å². The van der Waals surface area contributed by atoms with Crippen molar-refractivity contribution in [2.24, 2.45) is 0 Å². The van der Waals surface area contributed by atoms with Crippen molar-refractivity contribution in [1.29, 1.82) is 0 Å².